The molecule has 0 spiro atoms. The number of benzene rings is 1. The first kappa shape index (κ1) is 15.0. The smallest absolute Gasteiger partial charge is 0.156 e. The van der Waals surface area contributed by atoms with Crippen LogP contribution in [0.5, 0.6) is 0 Å². The van der Waals surface area contributed by atoms with E-state index in [9.17, 15) is 13.5 Å². The molecule has 2 aliphatic rings. The van der Waals surface area contributed by atoms with Crippen molar-refractivity contribution in [3.63, 3.8) is 0 Å². The van der Waals surface area contributed by atoms with Crippen LogP contribution in [0.15, 0.2) is 24.3 Å². The van der Waals surface area contributed by atoms with Gasteiger partial charge in [-0.25, -0.2) is 8.42 Å². The molecule has 3 rings (SSSR count). The van der Waals surface area contributed by atoms with Gasteiger partial charge in [0.25, 0.3) is 0 Å². The Balaban J connectivity index is 1.81. The number of sulfone groups is 1. The second kappa shape index (κ2) is 5.40. The van der Waals surface area contributed by atoms with E-state index in [-0.39, 0.29) is 10.5 Å². The first-order valence-electron chi connectivity index (χ1n) is 8.00. The Morgan fingerprint density at radius 3 is 2.24 bits per heavy atom. The molecule has 1 aromatic rings. The van der Waals surface area contributed by atoms with Gasteiger partial charge >= 0.3 is 0 Å². The number of unbranched alkanes of at least 4 members (excludes halogenated alkanes) is 1. The molecule has 0 amide bonds. The molecule has 2 atom stereocenters. The van der Waals surface area contributed by atoms with Gasteiger partial charge in [-0.15, -0.1) is 0 Å². The van der Waals surface area contributed by atoms with Gasteiger partial charge in [-0.3, -0.25) is 0 Å². The molecule has 0 radical (unpaired) electrons. The molecular weight excluding hydrogens is 284 g/mol. The fourth-order valence-electron chi connectivity index (χ4n) is 3.84. The summed E-state index contributed by atoms with van der Waals surface area (Å²) in [6, 6.07) is 8.13. The van der Waals surface area contributed by atoms with Crippen LogP contribution in [0.2, 0.25) is 0 Å². The van der Waals surface area contributed by atoms with Crippen molar-refractivity contribution in [1.82, 2.24) is 0 Å². The van der Waals surface area contributed by atoms with Crippen molar-refractivity contribution >= 4 is 9.84 Å². The van der Waals surface area contributed by atoms with Crippen LogP contribution < -0.4 is 0 Å². The highest BCUT2D eigenvalue weighted by molar-refractivity contribution is 7.93. The number of fused-ring (bicyclic) bond motifs is 2. The van der Waals surface area contributed by atoms with Crippen LogP contribution in [0, 0.1) is 0 Å². The van der Waals surface area contributed by atoms with Gasteiger partial charge in [-0.2, -0.15) is 0 Å². The fraction of sp³-hybridized carbons (Fsp3) is 0.647. The minimum Gasteiger partial charge on any atom is -0.385 e. The van der Waals surface area contributed by atoms with Gasteiger partial charge in [0.2, 0.25) is 0 Å². The molecule has 2 bridgehead atoms. The molecule has 2 aliphatic heterocycles. The summed E-state index contributed by atoms with van der Waals surface area (Å²) in [7, 11) is -2.99. The third-order valence-electron chi connectivity index (χ3n) is 5.18. The molecule has 3 nitrogen and oxygen atoms in total. The molecule has 2 fully saturated rings. The molecule has 2 unspecified atom stereocenters. The summed E-state index contributed by atoms with van der Waals surface area (Å²) in [5, 5.41) is 10.3. The Labute approximate surface area is 127 Å². The van der Waals surface area contributed by atoms with Crippen LogP contribution in [0.1, 0.15) is 56.6 Å². The van der Waals surface area contributed by atoms with Crippen LogP contribution >= 0.6 is 0 Å². The van der Waals surface area contributed by atoms with Gasteiger partial charge in [0.15, 0.2) is 9.84 Å². The summed E-state index contributed by atoms with van der Waals surface area (Å²) in [6.45, 7) is 2.18. The Hall–Kier alpha value is -0.870. The second-order valence-corrected chi connectivity index (χ2v) is 9.16. The molecule has 21 heavy (non-hydrogen) atoms. The molecule has 1 N–H and O–H groups in total. The lowest BCUT2D eigenvalue weighted by molar-refractivity contribution is 0.0173. The SMILES string of the molecule is CCCCc1ccc(C2(O)CC3CCC(C2)S3(=O)=O)cc1. The molecule has 0 saturated carbocycles. The summed E-state index contributed by atoms with van der Waals surface area (Å²) in [6.07, 6.45) is 5.56. The Morgan fingerprint density at radius 1 is 1.14 bits per heavy atom. The van der Waals surface area contributed by atoms with Crippen LogP contribution in [-0.4, -0.2) is 24.0 Å². The van der Waals surface area contributed by atoms with Crippen molar-refractivity contribution in [2.24, 2.45) is 0 Å². The molecular formula is C17H24O3S. The minimum atomic E-state index is -2.99. The monoisotopic (exact) mass is 308 g/mol. The number of rotatable bonds is 4. The van der Waals surface area contributed by atoms with E-state index in [1.165, 1.54) is 18.4 Å². The van der Waals surface area contributed by atoms with Gasteiger partial charge < -0.3 is 5.11 Å². The average Bonchev–Trinajstić information content (AvgIpc) is 2.65. The summed E-state index contributed by atoms with van der Waals surface area (Å²) in [5.41, 5.74) is 1.21. The second-order valence-electron chi connectivity index (χ2n) is 6.65. The molecule has 0 aliphatic carbocycles. The Bertz CT molecular complexity index is 583. The highest BCUT2D eigenvalue weighted by atomic mass is 32.2. The van der Waals surface area contributed by atoms with Crippen LogP contribution in [-0.2, 0) is 21.9 Å². The highest BCUT2D eigenvalue weighted by Crippen LogP contribution is 2.47. The summed E-state index contributed by atoms with van der Waals surface area (Å²) in [4.78, 5) is 0. The van der Waals surface area contributed by atoms with Gasteiger partial charge in [0.05, 0.1) is 16.1 Å². The van der Waals surface area contributed by atoms with E-state index >= 15 is 0 Å². The quantitative estimate of drug-likeness (QED) is 0.930. The standard InChI is InChI=1S/C17H24O3S/c1-2-3-4-13-5-7-14(8-6-13)17(18)11-15-9-10-16(12-17)21(15,19)20/h5-8,15-16,18H,2-4,9-12H2,1H3. The maximum atomic E-state index is 12.2. The van der Waals surface area contributed by atoms with Gasteiger partial charge in [0, 0.05) is 0 Å². The summed E-state index contributed by atoms with van der Waals surface area (Å²) in [5.74, 6) is 0. The average molecular weight is 308 g/mol. The molecule has 4 heteroatoms. The van der Waals surface area contributed by atoms with Crippen molar-refractivity contribution in [2.45, 2.75) is 68.0 Å². The number of hydrogen-bond donors (Lipinski definition) is 1. The third kappa shape index (κ3) is 2.64. The largest absolute Gasteiger partial charge is 0.385 e. The summed E-state index contributed by atoms with van der Waals surface area (Å²) < 4.78 is 24.3. The molecule has 116 valence electrons. The predicted octanol–water partition coefficient (Wildman–Crippen LogP) is 2.96. The van der Waals surface area contributed by atoms with E-state index in [0.29, 0.717) is 25.7 Å². The molecule has 2 heterocycles. The maximum absolute atomic E-state index is 12.2. The van der Waals surface area contributed by atoms with Crippen LogP contribution in [0.3, 0.4) is 0 Å². The zero-order chi connectivity index (χ0) is 15.1. The Kier molecular flexibility index (Phi) is 3.87. The van der Waals surface area contributed by atoms with E-state index in [1.54, 1.807) is 0 Å². The third-order valence-corrected chi connectivity index (χ3v) is 7.84. The van der Waals surface area contributed by atoms with Gasteiger partial charge in [-0.05, 0) is 49.7 Å². The predicted molar refractivity (Wildman–Crippen MR) is 83.9 cm³/mol. The highest BCUT2D eigenvalue weighted by Gasteiger charge is 2.53. The number of aryl methyl sites for hydroxylation is 1. The zero-order valence-corrected chi connectivity index (χ0v) is 13.4. The molecule has 0 aromatic heterocycles. The normalized spacial score (nSPS) is 34.0. The van der Waals surface area contributed by atoms with E-state index in [0.717, 1.165) is 12.0 Å². The first-order chi connectivity index (χ1) is 9.95. The lowest BCUT2D eigenvalue weighted by Gasteiger charge is -2.36. The van der Waals surface area contributed by atoms with Crippen molar-refractivity contribution in [3.8, 4) is 0 Å². The van der Waals surface area contributed by atoms with E-state index < -0.39 is 15.4 Å². The van der Waals surface area contributed by atoms with Crippen molar-refractivity contribution < 1.29 is 13.5 Å². The minimum absolute atomic E-state index is 0.346. The summed E-state index contributed by atoms with van der Waals surface area (Å²) >= 11 is 0. The van der Waals surface area contributed by atoms with Gasteiger partial charge in [-0.1, -0.05) is 37.6 Å². The van der Waals surface area contributed by atoms with Gasteiger partial charge in [0.1, 0.15) is 0 Å². The topological polar surface area (TPSA) is 54.4 Å². The van der Waals surface area contributed by atoms with Crippen molar-refractivity contribution in [2.75, 3.05) is 0 Å². The number of aliphatic hydroxyl groups is 1. The Morgan fingerprint density at radius 2 is 1.71 bits per heavy atom. The number of hydrogen-bond acceptors (Lipinski definition) is 3. The fourth-order valence-corrected chi connectivity index (χ4v) is 6.33. The zero-order valence-electron chi connectivity index (χ0n) is 12.6. The van der Waals surface area contributed by atoms with E-state index in [1.807, 2.05) is 12.1 Å². The van der Waals surface area contributed by atoms with E-state index in [2.05, 4.69) is 19.1 Å². The lowest BCUT2D eigenvalue weighted by Crippen LogP contribution is -2.43. The van der Waals surface area contributed by atoms with Crippen molar-refractivity contribution in [3.05, 3.63) is 35.4 Å². The first-order valence-corrected chi connectivity index (χ1v) is 9.61. The molecule has 2 saturated heterocycles. The lowest BCUT2D eigenvalue weighted by atomic mass is 9.85. The van der Waals surface area contributed by atoms with Crippen molar-refractivity contribution in [1.29, 1.82) is 0 Å². The molecule has 1 aromatic carbocycles. The maximum Gasteiger partial charge on any atom is 0.156 e. The van der Waals surface area contributed by atoms with Crippen LogP contribution in [0.4, 0.5) is 0 Å². The van der Waals surface area contributed by atoms with E-state index in [4.69, 9.17) is 0 Å². The van der Waals surface area contributed by atoms with Crippen LogP contribution in [0.25, 0.3) is 0 Å².